The van der Waals surface area contributed by atoms with E-state index in [1.165, 1.54) is 24.0 Å². The molecule has 5 N–H and O–H groups in total. The van der Waals surface area contributed by atoms with Gasteiger partial charge in [-0.3, -0.25) is 4.72 Å². The number of aliphatic hydroxyl groups excluding tert-OH is 1. The second-order valence-corrected chi connectivity index (χ2v) is 7.46. The first-order valence-corrected chi connectivity index (χ1v) is 8.61. The highest BCUT2D eigenvalue weighted by molar-refractivity contribution is 7.92. The van der Waals surface area contributed by atoms with Crippen LogP contribution in [0.3, 0.4) is 0 Å². The molecule has 23 heavy (non-hydrogen) atoms. The topological polar surface area (TPSA) is 153 Å². The molecule has 0 radical (unpaired) electrons. The van der Waals surface area contributed by atoms with Crippen LogP contribution in [0, 0.1) is 0 Å². The van der Waals surface area contributed by atoms with Crippen LogP contribution >= 0.6 is 0 Å². The average molecular weight is 343 g/mol. The molecule has 2 aromatic rings. The van der Waals surface area contributed by atoms with E-state index in [9.17, 15) is 18.6 Å². The van der Waals surface area contributed by atoms with Crippen molar-refractivity contribution in [3.8, 4) is 0 Å². The van der Waals surface area contributed by atoms with Crippen molar-refractivity contribution in [3.05, 3.63) is 12.5 Å². The van der Waals surface area contributed by atoms with Gasteiger partial charge in [0.25, 0.3) is 0 Å². The molecule has 0 unspecified atom stereocenters. The molecule has 1 fully saturated rings. The Morgan fingerprint density at radius 1 is 1.52 bits per heavy atom. The van der Waals surface area contributed by atoms with E-state index in [4.69, 9.17) is 10.5 Å². The standard InChI is InChI=1S/C12H17N5O5S/c1-12(19)7(18)4-22-11(12)17-3-6(16-23(2,20)21)8-9(13)14-5-15-10(8)17/h3,5,7,11,16,18-19H,4H2,1-2H3,(H2,13,14,15)/t7-,11-,12-/m1/s1. The lowest BCUT2D eigenvalue weighted by Crippen LogP contribution is -2.41. The van der Waals surface area contributed by atoms with Crippen LogP contribution in [0.15, 0.2) is 12.5 Å². The highest BCUT2D eigenvalue weighted by Gasteiger charge is 2.48. The van der Waals surface area contributed by atoms with E-state index in [-0.39, 0.29) is 23.8 Å². The highest BCUT2D eigenvalue weighted by atomic mass is 32.2. The predicted octanol–water partition coefficient (Wildman–Crippen LogP) is -0.974. The van der Waals surface area contributed by atoms with Crippen LogP contribution in [0.25, 0.3) is 11.0 Å². The minimum Gasteiger partial charge on any atom is -0.388 e. The molecule has 2 aromatic heterocycles. The van der Waals surface area contributed by atoms with Crippen LogP contribution in [-0.4, -0.2) is 57.7 Å². The summed E-state index contributed by atoms with van der Waals surface area (Å²) < 4.78 is 32.3. The summed E-state index contributed by atoms with van der Waals surface area (Å²) in [6, 6.07) is 0. The van der Waals surface area contributed by atoms with Gasteiger partial charge in [-0.25, -0.2) is 18.4 Å². The summed E-state index contributed by atoms with van der Waals surface area (Å²) in [6.45, 7) is 1.36. The summed E-state index contributed by atoms with van der Waals surface area (Å²) in [7, 11) is -3.56. The monoisotopic (exact) mass is 343 g/mol. The van der Waals surface area contributed by atoms with Crippen molar-refractivity contribution < 1.29 is 23.4 Å². The van der Waals surface area contributed by atoms with Crippen molar-refractivity contribution in [1.82, 2.24) is 14.5 Å². The number of sulfonamides is 1. The van der Waals surface area contributed by atoms with Crippen molar-refractivity contribution in [2.45, 2.75) is 24.9 Å². The van der Waals surface area contributed by atoms with E-state index in [2.05, 4.69) is 14.7 Å². The zero-order chi connectivity index (χ0) is 17.0. The molecule has 0 saturated carbocycles. The summed E-state index contributed by atoms with van der Waals surface area (Å²) in [5, 5.41) is 20.6. The largest absolute Gasteiger partial charge is 0.388 e. The summed E-state index contributed by atoms with van der Waals surface area (Å²) in [6.07, 6.45) is 1.59. The normalized spacial score (nSPS) is 28.3. The Balaban J connectivity index is 2.21. The molecule has 126 valence electrons. The van der Waals surface area contributed by atoms with Crippen molar-refractivity contribution in [1.29, 1.82) is 0 Å². The third-order valence-corrected chi connectivity index (χ3v) is 4.36. The molecule has 3 atom stereocenters. The Kier molecular flexibility index (Phi) is 3.48. The summed E-state index contributed by atoms with van der Waals surface area (Å²) in [5.74, 6) is 0.0816. The van der Waals surface area contributed by atoms with Gasteiger partial charge in [-0.05, 0) is 6.92 Å². The van der Waals surface area contributed by atoms with Gasteiger partial charge >= 0.3 is 0 Å². The van der Waals surface area contributed by atoms with Gasteiger partial charge in [-0.1, -0.05) is 0 Å². The number of hydrogen-bond acceptors (Lipinski definition) is 8. The van der Waals surface area contributed by atoms with Gasteiger partial charge in [0, 0.05) is 6.20 Å². The molecular weight excluding hydrogens is 326 g/mol. The van der Waals surface area contributed by atoms with Gasteiger partial charge in [-0.15, -0.1) is 0 Å². The Hall–Kier alpha value is -1.95. The first-order valence-electron chi connectivity index (χ1n) is 6.72. The number of nitrogens with zero attached hydrogens (tertiary/aromatic N) is 3. The van der Waals surface area contributed by atoms with Crippen LogP contribution < -0.4 is 10.5 Å². The zero-order valence-electron chi connectivity index (χ0n) is 12.5. The number of nitrogen functional groups attached to an aromatic ring is 1. The maximum Gasteiger partial charge on any atom is 0.229 e. The molecule has 1 aliphatic heterocycles. The first-order chi connectivity index (χ1) is 10.6. The highest BCUT2D eigenvalue weighted by Crippen LogP contribution is 2.39. The van der Waals surface area contributed by atoms with E-state index >= 15 is 0 Å². The van der Waals surface area contributed by atoms with Crippen LogP contribution in [-0.2, 0) is 14.8 Å². The van der Waals surface area contributed by atoms with Crippen molar-refractivity contribution in [3.63, 3.8) is 0 Å². The Morgan fingerprint density at radius 3 is 2.78 bits per heavy atom. The SMILES string of the molecule is C[C@@]1(O)[C@H](O)CO[C@H]1n1cc(NS(C)(=O)=O)c2c(N)ncnc21. The van der Waals surface area contributed by atoms with Crippen LogP contribution in [0.5, 0.6) is 0 Å². The molecule has 3 rings (SSSR count). The number of rotatable bonds is 3. The van der Waals surface area contributed by atoms with Gasteiger partial charge < -0.3 is 25.3 Å². The third kappa shape index (κ3) is 2.61. The zero-order valence-corrected chi connectivity index (χ0v) is 13.3. The summed E-state index contributed by atoms with van der Waals surface area (Å²) in [4.78, 5) is 7.95. The average Bonchev–Trinajstić information content (AvgIpc) is 2.88. The van der Waals surface area contributed by atoms with Crippen molar-refractivity contribution >= 4 is 32.6 Å². The Morgan fingerprint density at radius 2 is 2.22 bits per heavy atom. The fourth-order valence-electron chi connectivity index (χ4n) is 2.61. The molecule has 11 heteroatoms. The van der Waals surface area contributed by atoms with Crippen LogP contribution in [0.4, 0.5) is 11.5 Å². The van der Waals surface area contributed by atoms with Gasteiger partial charge in [0.15, 0.2) is 6.23 Å². The molecule has 0 bridgehead atoms. The summed E-state index contributed by atoms with van der Waals surface area (Å²) in [5.41, 5.74) is 4.70. The van der Waals surface area contributed by atoms with Gasteiger partial charge in [-0.2, -0.15) is 0 Å². The van der Waals surface area contributed by atoms with Crippen LogP contribution in [0.2, 0.25) is 0 Å². The first kappa shape index (κ1) is 15.9. The second-order valence-electron chi connectivity index (χ2n) is 5.71. The van der Waals surface area contributed by atoms with Gasteiger partial charge in [0.2, 0.25) is 10.0 Å². The van der Waals surface area contributed by atoms with E-state index in [0.29, 0.717) is 5.39 Å². The number of nitrogens with two attached hydrogens (primary N) is 1. The summed E-state index contributed by atoms with van der Waals surface area (Å²) >= 11 is 0. The smallest absolute Gasteiger partial charge is 0.229 e. The van der Waals surface area contributed by atoms with Crippen molar-refractivity contribution in [2.24, 2.45) is 0 Å². The Labute approximate surface area is 132 Å². The molecule has 0 aromatic carbocycles. The van der Waals surface area contributed by atoms with E-state index in [0.717, 1.165) is 6.26 Å². The number of nitrogens with one attached hydrogen (secondary N) is 1. The number of aromatic nitrogens is 3. The molecule has 1 aliphatic rings. The van der Waals surface area contributed by atoms with Crippen molar-refractivity contribution in [2.75, 3.05) is 23.3 Å². The maximum absolute atomic E-state index is 11.5. The predicted molar refractivity (Wildman–Crippen MR) is 82.0 cm³/mol. The van der Waals surface area contributed by atoms with Gasteiger partial charge in [0.05, 0.1) is 23.9 Å². The molecule has 1 saturated heterocycles. The number of ether oxygens (including phenoxy) is 1. The molecule has 3 heterocycles. The maximum atomic E-state index is 11.5. The van der Waals surface area contributed by atoms with E-state index in [1.54, 1.807) is 0 Å². The third-order valence-electron chi connectivity index (χ3n) is 3.77. The van der Waals surface area contributed by atoms with Crippen LogP contribution in [0.1, 0.15) is 13.2 Å². The number of anilines is 2. The number of aliphatic hydroxyl groups is 2. The lowest BCUT2D eigenvalue weighted by molar-refractivity contribution is -0.0921. The minimum atomic E-state index is -3.56. The molecular formula is C12H17N5O5S. The quantitative estimate of drug-likeness (QED) is 0.555. The Bertz CT molecular complexity index is 862. The lowest BCUT2D eigenvalue weighted by Gasteiger charge is -2.27. The molecule has 10 nitrogen and oxygen atoms in total. The van der Waals surface area contributed by atoms with Gasteiger partial charge in [0.1, 0.15) is 29.5 Å². The fraction of sp³-hybridized carbons (Fsp3) is 0.500. The molecule has 0 amide bonds. The molecule has 0 spiro atoms. The number of hydrogen-bond donors (Lipinski definition) is 4. The fourth-order valence-corrected chi connectivity index (χ4v) is 3.16. The lowest BCUT2D eigenvalue weighted by atomic mass is 10.0. The number of fused-ring (bicyclic) bond motifs is 1. The minimum absolute atomic E-state index is 0.0628. The van der Waals surface area contributed by atoms with E-state index < -0.39 is 28.0 Å². The second kappa shape index (κ2) is 5.03. The molecule has 0 aliphatic carbocycles. The van der Waals surface area contributed by atoms with E-state index in [1.807, 2.05) is 0 Å².